The Morgan fingerprint density at radius 2 is 1.13 bits per heavy atom. The number of hydrogen-bond acceptors (Lipinski definition) is 10. The van der Waals surface area contributed by atoms with Crippen LogP contribution in [0.2, 0.25) is 0 Å². The second-order valence-corrected chi connectivity index (χ2v) is 12.3. The van der Waals surface area contributed by atoms with Crippen molar-refractivity contribution < 1.29 is 47.8 Å². The summed E-state index contributed by atoms with van der Waals surface area (Å²) in [6, 6.07) is 15.3. The minimum Gasteiger partial charge on any atom is -0.497 e. The third kappa shape index (κ3) is 11.8. The van der Waals surface area contributed by atoms with Crippen molar-refractivity contribution in [2.24, 2.45) is 0 Å². The molecule has 2 aliphatic rings. The predicted octanol–water partition coefficient (Wildman–Crippen LogP) is 5.93. The highest BCUT2D eigenvalue weighted by Gasteiger charge is 2.46. The van der Waals surface area contributed by atoms with Gasteiger partial charge in [0.1, 0.15) is 36.1 Å². The highest BCUT2D eigenvalue weighted by molar-refractivity contribution is 5.50. The molecule has 1 N–H and O–H groups in total. The number of ether oxygens (including phenoxy) is 8. The molecule has 2 unspecified atom stereocenters. The molecule has 260 valence electrons. The van der Waals surface area contributed by atoms with Gasteiger partial charge in [-0.05, 0) is 75.9 Å². The standard InChI is InChI=1S/C19H26O5.C18H26O5/c1-5-6-17-18(24-19(2,3)23-17)16(11-12-20)22-13-14-7-9-15(21-4)10-8-14;1-5-6-15-17(23-18(2,3)22-15)16(11-19)21-12-13-7-9-14(20-4)10-8-13/h5,7-10,12,16-18H,1,6,11,13H2,2-4H3;5,7-10,15-17,19H,1,6,11-12H2,2-4H3/t16-,17+,18?;15-,16+,17?/m10/s1. The van der Waals surface area contributed by atoms with Crippen LogP contribution in [0.5, 0.6) is 11.5 Å². The Morgan fingerprint density at radius 3 is 1.49 bits per heavy atom. The van der Waals surface area contributed by atoms with E-state index in [-0.39, 0.29) is 43.5 Å². The molecule has 4 rings (SSSR count). The summed E-state index contributed by atoms with van der Waals surface area (Å²) in [6.07, 6.45) is 4.21. The van der Waals surface area contributed by atoms with Crippen LogP contribution in [0.1, 0.15) is 58.1 Å². The van der Waals surface area contributed by atoms with Crippen LogP contribution in [-0.4, -0.2) is 80.4 Å². The molecule has 2 aliphatic heterocycles. The van der Waals surface area contributed by atoms with Gasteiger partial charge in [0.2, 0.25) is 0 Å². The highest BCUT2D eigenvalue weighted by atomic mass is 16.8. The van der Waals surface area contributed by atoms with E-state index in [4.69, 9.17) is 37.9 Å². The van der Waals surface area contributed by atoms with Gasteiger partial charge in [0, 0.05) is 6.42 Å². The van der Waals surface area contributed by atoms with Crippen molar-refractivity contribution in [1.29, 1.82) is 0 Å². The minimum atomic E-state index is -0.692. The molecule has 0 amide bonds. The van der Waals surface area contributed by atoms with Crippen molar-refractivity contribution in [2.75, 3.05) is 20.8 Å². The number of rotatable bonds is 17. The molecular weight excluding hydrogens is 604 g/mol. The molecule has 0 bridgehead atoms. The largest absolute Gasteiger partial charge is 0.497 e. The Bertz CT molecular complexity index is 1230. The van der Waals surface area contributed by atoms with Crippen molar-refractivity contribution in [1.82, 2.24) is 0 Å². The van der Waals surface area contributed by atoms with Crippen molar-refractivity contribution in [3.63, 3.8) is 0 Å². The monoisotopic (exact) mass is 656 g/mol. The second kappa shape index (κ2) is 18.5. The van der Waals surface area contributed by atoms with E-state index in [1.165, 1.54) is 0 Å². The molecule has 2 aromatic rings. The van der Waals surface area contributed by atoms with E-state index < -0.39 is 17.7 Å². The Kier molecular flexibility index (Phi) is 15.1. The number of benzene rings is 2. The van der Waals surface area contributed by atoms with Crippen molar-refractivity contribution in [3.8, 4) is 11.5 Å². The zero-order valence-corrected chi connectivity index (χ0v) is 28.6. The van der Waals surface area contributed by atoms with Crippen LogP contribution < -0.4 is 9.47 Å². The van der Waals surface area contributed by atoms with Crippen LogP contribution in [0.4, 0.5) is 0 Å². The van der Waals surface area contributed by atoms with Gasteiger partial charge >= 0.3 is 0 Å². The molecule has 0 saturated carbocycles. The van der Waals surface area contributed by atoms with Gasteiger partial charge in [0.05, 0.1) is 52.4 Å². The fourth-order valence-electron chi connectivity index (χ4n) is 5.54. The summed E-state index contributed by atoms with van der Waals surface area (Å²) in [5.41, 5.74) is 2.01. The van der Waals surface area contributed by atoms with Gasteiger partial charge in [-0.2, -0.15) is 0 Å². The maximum absolute atomic E-state index is 11.1. The minimum absolute atomic E-state index is 0.131. The maximum atomic E-state index is 11.1. The maximum Gasteiger partial charge on any atom is 0.163 e. The third-order valence-electron chi connectivity index (χ3n) is 7.73. The van der Waals surface area contributed by atoms with Crippen molar-refractivity contribution in [3.05, 3.63) is 85.0 Å². The zero-order chi connectivity index (χ0) is 34.5. The van der Waals surface area contributed by atoms with E-state index in [2.05, 4.69) is 13.2 Å². The van der Waals surface area contributed by atoms with Crippen LogP contribution in [0.25, 0.3) is 0 Å². The molecule has 10 nitrogen and oxygen atoms in total. The van der Waals surface area contributed by atoms with Gasteiger partial charge in [-0.25, -0.2) is 0 Å². The summed E-state index contributed by atoms with van der Waals surface area (Å²) in [4.78, 5) is 11.1. The van der Waals surface area contributed by atoms with Gasteiger partial charge in [-0.3, -0.25) is 0 Å². The first-order valence-corrected chi connectivity index (χ1v) is 15.9. The Morgan fingerprint density at radius 1 is 0.723 bits per heavy atom. The molecule has 0 radical (unpaired) electrons. The molecule has 10 heteroatoms. The van der Waals surface area contributed by atoms with Crippen LogP contribution in [0, 0.1) is 0 Å². The van der Waals surface area contributed by atoms with Crippen LogP contribution in [-0.2, 0) is 46.4 Å². The van der Waals surface area contributed by atoms with Crippen LogP contribution >= 0.6 is 0 Å². The fourth-order valence-corrected chi connectivity index (χ4v) is 5.54. The summed E-state index contributed by atoms with van der Waals surface area (Å²) in [7, 11) is 3.26. The predicted molar refractivity (Wildman–Crippen MR) is 178 cm³/mol. The zero-order valence-electron chi connectivity index (χ0n) is 28.6. The number of carbonyl (C=O) groups is 1. The number of aliphatic hydroxyl groups is 1. The number of aliphatic hydroxyl groups excluding tert-OH is 1. The Hall–Kier alpha value is -3.09. The lowest BCUT2D eigenvalue weighted by atomic mass is 10.0. The van der Waals surface area contributed by atoms with Gasteiger partial charge < -0.3 is 47.8 Å². The average Bonchev–Trinajstić information content (AvgIpc) is 3.53. The number of hydrogen-bond donors (Lipinski definition) is 1. The van der Waals surface area contributed by atoms with Crippen molar-refractivity contribution in [2.45, 2.75) is 108 Å². The van der Waals surface area contributed by atoms with E-state index in [0.29, 0.717) is 26.1 Å². The van der Waals surface area contributed by atoms with Gasteiger partial charge in [0.15, 0.2) is 11.6 Å². The quantitative estimate of drug-likeness (QED) is 0.162. The van der Waals surface area contributed by atoms with Crippen molar-refractivity contribution >= 4 is 6.29 Å². The first kappa shape index (κ1) is 38.4. The van der Waals surface area contributed by atoms with Crippen LogP contribution in [0.3, 0.4) is 0 Å². The van der Waals surface area contributed by atoms with Gasteiger partial charge in [-0.15, -0.1) is 13.2 Å². The lowest BCUT2D eigenvalue weighted by Gasteiger charge is -2.25. The summed E-state index contributed by atoms with van der Waals surface area (Å²) in [6.45, 7) is 15.6. The molecule has 6 atom stereocenters. The van der Waals surface area contributed by atoms with E-state index in [0.717, 1.165) is 28.9 Å². The molecule has 0 spiro atoms. The SMILES string of the molecule is C=CC[C@@H]1OC(C)(C)OC1[C@@H](CC=O)OCc1ccc(OC)cc1.C=CC[C@@H]1OC(C)(C)OC1[C@@H](CO)OCc1ccc(OC)cc1. The van der Waals surface area contributed by atoms with Crippen LogP contribution in [0.15, 0.2) is 73.8 Å². The first-order valence-electron chi connectivity index (χ1n) is 15.9. The van der Waals surface area contributed by atoms with E-state index >= 15 is 0 Å². The molecule has 2 heterocycles. The molecule has 0 aromatic heterocycles. The summed E-state index contributed by atoms with van der Waals surface area (Å²) in [5.74, 6) is 0.217. The summed E-state index contributed by atoms with van der Waals surface area (Å²) in [5, 5.41) is 9.70. The fraction of sp³-hybridized carbons (Fsp3) is 0.541. The topological polar surface area (TPSA) is 111 Å². The summed E-state index contributed by atoms with van der Waals surface area (Å²) < 4.78 is 45.8. The normalized spacial score (nSPS) is 24.0. The first-order chi connectivity index (χ1) is 22.5. The summed E-state index contributed by atoms with van der Waals surface area (Å²) >= 11 is 0. The van der Waals surface area contributed by atoms with E-state index in [9.17, 15) is 9.90 Å². The Labute approximate surface area is 279 Å². The smallest absolute Gasteiger partial charge is 0.163 e. The Balaban J connectivity index is 0.000000256. The van der Waals surface area contributed by atoms with E-state index in [1.807, 2.05) is 76.2 Å². The third-order valence-corrected chi connectivity index (χ3v) is 7.73. The second-order valence-electron chi connectivity index (χ2n) is 12.3. The van der Waals surface area contributed by atoms with E-state index in [1.54, 1.807) is 26.4 Å². The molecule has 0 aliphatic carbocycles. The molecule has 2 fully saturated rings. The molecular formula is C37H52O10. The van der Waals surface area contributed by atoms with Gasteiger partial charge in [-0.1, -0.05) is 36.4 Å². The average molecular weight is 657 g/mol. The number of carbonyl (C=O) groups excluding carboxylic acids is 1. The lowest BCUT2D eigenvalue weighted by Crippen LogP contribution is -2.39. The molecule has 2 saturated heterocycles. The lowest BCUT2D eigenvalue weighted by molar-refractivity contribution is -0.164. The highest BCUT2D eigenvalue weighted by Crippen LogP contribution is 2.34. The number of methoxy groups -OCH3 is 2. The molecule has 2 aromatic carbocycles. The molecule has 47 heavy (non-hydrogen) atoms. The van der Waals surface area contributed by atoms with Gasteiger partial charge in [0.25, 0.3) is 0 Å². The number of aldehydes is 1.